The average molecular weight is 829 g/mol. The first-order valence-corrected chi connectivity index (χ1v) is 22.2. The molecule has 0 amide bonds. The lowest BCUT2D eigenvalue weighted by atomic mass is 9.97. The molecule has 0 atom stereocenters. The third-order valence-corrected chi connectivity index (χ3v) is 13.1. The third-order valence-electron chi connectivity index (χ3n) is 13.1. The van der Waals surface area contributed by atoms with Crippen LogP contribution in [0.3, 0.4) is 0 Å². The Bertz CT molecular complexity index is 3930. The van der Waals surface area contributed by atoms with E-state index >= 15 is 0 Å². The fraction of sp³-hybridized carbons (Fsp3) is 0. The standard InChI is InChI=1S/C62H40N2O/c1-3-15-41(16-4-1)45-31-35-57-55(38-45)56-39-46(32-36-58(56)64(57)48-21-5-2-6-22-48)44-20-13-23-50(37-44)63(49-33-29-43(30-34-49)52-27-14-19-42-17-7-9-24-51(42)52)59-40-47-18-8-10-25-53(47)62-61(59)54-26-11-12-28-60(54)65-62/h1-40H. The van der Waals surface area contributed by atoms with Crippen LogP contribution in [0.15, 0.2) is 247 Å². The molecule has 0 aliphatic carbocycles. The number of fused-ring (bicyclic) bond motifs is 9. The molecule has 0 radical (unpaired) electrons. The van der Waals surface area contributed by atoms with Crippen molar-refractivity contribution in [3.8, 4) is 39.1 Å². The Hall–Kier alpha value is -8.66. The fourth-order valence-electron chi connectivity index (χ4n) is 10.1. The van der Waals surface area contributed by atoms with Crippen molar-refractivity contribution in [2.24, 2.45) is 0 Å². The molecule has 11 aromatic carbocycles. The largest absolute Gasteiger partial charge is 0.455 e. The van der Waals surface area contributed by atoms with E-state index in [0.29, 0.717) is 0 Å². The predicted octanol–water partition coefficient (Wildman–Crippen LogP) is 17.5. The summed E-state index contributed by atoms with van der Waals surface area (Å²) in [6, 6.07) is 87.7. The number of hydrogen-bond acceptors (Lipinski definition) is 2. The van der Waals surface area contributed by atoms with Crippen LogP contribution >= 0.6 is 0 Å². The van der Waals surface area contributed by atoms with Crippen molar-refractivity contribution >= 4 is 82.4 Å². The van der Waals surface area contributed by atoms with E-state index in [1.807, 2.05) is 0 Å². The molecular formula is C62H40N2O. The molecule has 304 valence electrons. The zero-order chi connectivity index (χ0) is 42.8. The van der Waals surface area contributed by atoms with E-state index in [-0.39, 0.29) is 0 Å². The highest BCUT2D eigenvalue weighted by Gasteiger charge is 2.23. The summed E-state index contributed by atoms with van der Waals surface area (Å²) in [5.74, 6) is 0. The van der Waals surface area contributed by atoms with Gasteiger partial charge in [-0.2, -0.15) is 0 Å². The summed E-state index contributed by atoms with van der Waals surface area (Å²) in [6.07, 6.45) is 0. The molecule has 0 aliphatic rings. The van der Waals surface area contributed by atoms with E-state index in [1.165, 1.54) is 54.8 Å². The number of rotatable bonds is 7. The van der Waals surface area contributed by atoms with E-state index in [1.54, 1.807) is 0 Å². The highest BCUT2D eigenvalue weighted by molar-refractivity contribution is 6.22. The van der Waals surface area contributed by atoms with Crippen molar-refractivity contribution in [3.63, 3.8) is 0 Å². The molecule has 0 saturated carbocycles. The highest BCUT2D eigenvalue weighted by Crippen LogP contribution is 2.47. The molecule has 3 heteroatoms. The number of hydrogen-bond donors (Lipinski definition) is 0. The number of aromatic nitrogens is 1. The number of nitrogens with zero attached hydrogens (tertiary/aromatic N) is 2. The summed E-state index contributed by atoms with van der Waals surface area (Å²) in [5.41, 5.74) is 15.5. The molecule has 13 aromatic rings. The second kappa shape index (κ2) is 15.0. The monoisotopic (exact) mass is 828 g/mol. The average Bonchev–Trinajstić information content (AvgIpc) is 3.93. The Morgan fingerprint density at radius 3 is 1.68 bits per heavy atom. The summed E-state index contributed by atoms with van der Waals surface area (Å²) in [4.78, 5) is 2.42. The van der Waals surface area contributed by atoms with Crippen molar-refractivity contribution in [1.82, 2.24) is 4.57 Å². The smallest absolute Gasteiger partial charge is 0.145 e. The van der Waals surface area contributed by atoms with Gasteiger partial charge in [-0.25, -0.2) is 0 Å². The summed E-state index contributed by atoms with van der Waals surface area (Å²) in [5, 5.41) is 9.32. The topological polar surface area (TPSA) is 21.3 Å². The van der Waals surface area contributed by atoms with Crippen LogP contribution in [0.2, 0.25) is 0 Å². The first-order valence-electron chi connectivity index (χ1n) is 22.2. The molecule has 0 aliphatic heterocycles. The first-order chi connectivity index (χ1) is 32.2. The van der Waals surface area contributed by atoms with Crippen molar-refractivity contribution < 1.29 is 4.42 Å². The van der Waals surface area contributed by atoms with Gasteiger partial charge in [0.1, 0.15) is 11.2 Å². The molecule has 3 nitrogen and oxygen atoms in total. The second-order valence-corrected chi connectivity index (χ2v) is 16.9. The number of benzene rings is 11. The van der Waals surface area contributed by atoms with Crippen molar-refractivity contribution in [3.05, 3.63) is 243 Å². The highest BCUT2D eigenvalue weighted by atomic mass is 16.3. The fourth-order valence-corrected chi connectivity index (χ4v) is 10.1. The maximum atomic E-state index is 6.76. The van der Waals surface area contributed by atoms with Gasteiger partial charge in [-0.3, -0.25) is 0 Å². The van der Waals surface area contributed by atoms with Crippen LogP contribution in [0, 0.1) is 0 Å². The zero-order valence-corrected chi connectivity index (χ0v) is 35.4. The van der Waals surface area contributed by atoms with Gasteiger partial charge >= 0.3 is 0 Å². The zero-order valence-electron chi connectivity index (χ0n) is 35.4. The van der Waals surface area contributed by atoms with Gasteiger partial charge in [0.05, 0.1) is 22.1 Å². The van der Waals surface area contributed by atoms with Gasteiger partial charge in [0.2, 0.25) is 0 Å². The van der Waals surface area contributed by atoms with Crippen LogP contribution in [-0.4, -0.2) is 4.57 Å². The van der Waals surface area contributed by atoms with E-state index in [9.17, 15) is 0 Å². The minimum absolute atomic E-state index is 0.874. The lowest BCUT2D eigenvalue weighted by Crippen LogP contribution is -2.10. The summed E-state index contributed by atoms with van der Waals surface area (Å²) < 4.78 is 9.15. The lowest BCUT2D eigenvalue weighted by molar-refractivity contribution is 0.672. The number of para-hydroxylation sites is 2. The Balaban J connectivity index is 1.02. The van der Waals surface area contributed by atoms with Crippen LogP contribution in [0.4, 0.5) is 17.1 Å². The Kier molecular flexibility index (Phi) is 8.53. The molecule has 0 bridgehead atoms. The van der Waals surface area contributed by atoms with Gasteiger partial charge in [0.15, 0.2) is 0 Å². The quantitative estimate of drug-likeness (QED) is 0.160. The normalized spacial score (nSPS) is 11.7. The van der Waals surface area contributed by atoms with E-state index in [4.69, 9.17) is 4.42 Å². The maximum absolute atomic E-state index is 6.76. The molecule has 0 fully saturated rings. The van der Waals surface area contributed by atoms with Crippen molar-refractivity contribution in [1.29, 1.82) is 0 Å². The molecule has 0 N–H and O–H groups in total. The molecule has 65 heavy (non-hydrogen) atoms. The van der Waals surface area contributed by atoms with Gasteiger partial charge in [0, 0.05) is 38.6 Å². The first kappa shape index (κ1) is 36.9. The van der Waals surface area contributed by atoms with Crippen molar-refractivity contribution in [2.45, 2.75) is 0 Å². The summed E-state index contributed by atoms with van der Waals surface area (Å²) in [6.45, 7) is 0. The molecule has 0 spiro atoms. The molecular weight excluding hydrogens is 789 g/mol. The Morgan fingerprint density at radius 2 is 0.908 bits per heavy atom. The van der Waals surface area contributed by atoms with Crippen LogP contribution in [0.25, 0.3) is 104 Å². The predicted molar refractivity (Wildman–Crippen MR) is 274 cm³/mol. The third kappa shape index (κ3) is 6.12. The van der Waals surface area contributed by atoms with Gasteiger partial charge in [-0.1, -0.05) is 170 Å². The number of anilines is 3. The van der Waals surface area contributed by atoms with Crippen LogP contribution in [0.5, 0.6) is 0 Å². The van der Waals surface area contributed by atoms with Crippen LogP contribution < -0.4 is 4.90 Å². The molecule has 0 saturated heterocycles. The SMILES string of the molecule is c1ccc(-c2ccc3c(c2)c2cc(-c4cccc(N(c5ccc(-c6cccc7ccccc67)cc5)c5cc6ccccc6c6oc7ccccc7c56)c4)ccc2n3-c2ccccc2)cc1. The molecule has 2 heterocycles. The van der Waals surface area contributed by atoms with Gasteiger partial charge in [0.25, 0.3) is 0 Å². The van der Waals surface area contributed by atoms with Crippen LogP contribution in [0.1, 0.15) is 0 Å². The molecule has 13 rings (SSSR count). The van der Waals surface area contributed by atoms with E-state index in [2.05, 4.69) is 252 Å². The van der Waals surface area contributed by atoms with E-state index < -0.39 is 0 Å². The number of furan rings is 1. The van der Waals surface area contributed by atoms with Crippen molar-refractivity contribution in [2.75, 3.05) is 4.90 Å². The summed E-state index contributed by atoms with van der Waals surface area (Å²) in [7, 11) is 0. The Morgan fingerprint density at radius 1 is 0.338 bits per heavy atom. The van der Waals surface area contributed by atoms with Gasteiger partial charge < -0.3 is 13.9 Å². The molecule has 0 unspecified atom stereocenters. The van der Waals surface area contributed by atoms with Gasteiger partial charge in [-0.05, 0) is 122 Å². The minimum atomic E-state index is 0.874. The second-order valence-electron chi connectivity index (χ2n) is 16.9. The van der Waals surface area contributed by atoms with Crippen LogP contribution in [-0.2, 0) is 0 Å². The lowest BCUT2D eigenvalue weighted by Gasteiger charge is -2.27. The van der Waals surface area contributed by atoms with E-state index in [0.717, 1.165) is 66.6 Å². The maximum Gasteiger partial charge on any atom is 0.145 e. The summed E-state index contributed by atoms with van der Waals surface area (Å²) >= 11 is 0. The molecule has 2 aromatic heterocycles. The van der Waals surface area contributed by atoms with Gasteiger partial charge in [-0.15, -0.1) is 0 Å². The Labute approximate surface area is 376 Å². The minimum Gasteiger partial charge on any atom is -0.455 e.